The fraction of sp³-hybridized carbons (Fsp3) is 0.471. The van der Waals surface area contributed by atoms with Gasteiger partial charge in [-0.05, 0) is 31.4 Å². The van der Waals surface area contributed by atoms with Crippen molar-refractivity contribution in [3.05, 3.63) is 24.3 Å². The number of benzene rings is 1. The van der Waals surface area contributed by atoms with Gasteiger partial charge in [-0.3, -0.25) is 9.59 Å². The number of methoxy groups -OCH3 is 1. The molecule has 3 rings (SSSR count). The molecule has 0 unspecified atom stereocenters. The third kappa shape index (κ3) is 3.90. The van der Waals surface area contributed by atoms with Crippen LogP contribution in [-0.2, 0) is 9.59 Å². The Morgan fingerprint density at radius 1 is 1.33 bits per heavy atom. The van der Waals surface area contributed by atoms with Gasteiger partial charge in [0.15, 0.2) is 5.17 Å². The van der Waals surface area contributed by atoms with Gasteiger partial charge in [0.2, 0.25) is 5.91 Å². The van der Waals surface area contributed by atoms with Gasteiger partial charge < -0.3 is 15.0 Å². The number of piperidine rings is 1. The molecule has 0 saturated carbocycles. The first-order valence-corrected chi connectivity index (χ1v) is 9.02. The number of hydrogen-bond acceptors (Lipinski definition) is 5. The second-order valence-electron chi connectivity index (χ2n) is 5.84. The molecule has 0 aliphatic carbocycles. The number of rotatable bonds is 4. The molecule has 1 saturated heterocycles. The number of anilines is 1. The molecule has 24 heavy (non-hydrogen) atoms. The summed E-state index contributed by atoms with van der Waals surface area (Å²) in [5, 5.41) is 3.15. The van der Waals surface area contributed by atoms with Crippen molar-refractivity contribution in [1.82, 2.24) is 4.90 Å². The zero-order valence-corrected chi connectivity index (χ0v) is 14.5. The first-order valence-electron chi connectivity index (χ1n) is 8.14. The molecule has 0 radical (unpaired) electrons. The maximum atomic E-state index is 12.3. The minimum atomic E-state index is -0.434. The van der Waals surface area contributed by atoms with Crippen LogP contribution in [0.25, 0.3) is 0 Å². The summed E-state index contributed by atoms with van der Waals surface area (Å²) in [4.78, 5) is 30.7. The van der Waals surface area contributed by atoms with Crippen LogP contribution in [-0.4, -0.2) is 47.3 Å². The quantitative estimate of drug-likeness (QED) is 0.906. The summed E-state index contributed by atoms with van der Waals surface area (Å²) in [5.41, 5.74) is 0.609. The average Bonchev–Trinajstić information content (AvgIpc) is 2.97. The average molecular weight is 347 g/mol. The van der Waals surface area contributed by atoms with Gasteiger partial charge in [-0.2, -0.15) is 4.99 Å². The van der Waals surface area contributed by atoms with Gasteiger partial charge in [-0.1, -0.05) is 23.9 Å². The highest BCUT2D eigenvalue weighted by Crippen LogP contribution is 2.30. The van der Waals surface area contributed by atoms with Crippen molar-refractivity contribution >= 4 is 34.4 Å². The van der Waals surface area contributed by atoms with Crippen LogP contribution in [0.5, 0.6) is 5.75 Å². The van der Waals surface area contributed by atoms with Crippen LogP contribution in [0.2, 0.25) is 0 Å². The number of amides is 2. The first kappa shape index (κ1) is 16.8. The predicted octanol–water partition coefficient (Wildman–Crippen LogP) is 2.51. The monoisotopic (exact) mass is 347 g/mol. The molecule has 6 nitrogen and oxygen atoms in total. The van der Waals surface area contributed by atoms with E-state index in [1.807, 2.05) is 12.1 Å². The van der Waals surface area contributed by atoms with E-state index < -0.39 is 5.25 Å². The van der Waals surface area contributed by atoms with Gasteiger partial charge in [0.05, 0.1) is 12.8 Å². The second kappa shape index (κ2) is 7.70. The van der Waals surface area contributed by atoms with Crippen LogP contribution in [0, 0.1) is 0 Å². The van der Waals surface area contributed by atoms with Crippen molar-refractivity contribution in [2.45, 2.75) is 30.9 Å². The third-order valence-electron chi connectivity index (χ3n) is 4.11. The zero-order chi connectivity index (χ0) is 16.9. The van der Waals surface area contributed by atoms with E-state index in [2.05, 4.69) is 15.2 Å². The molecular formula is C17H21N3O3S. The van der Waals surface area contributed by atoms with Crippen molar-refractivity contribution < 1.29 is 14.3 Å². The number of para-hydroxylation sites is 2. The number of nitrogens with one attached hydrogen (secondary N) is 1. The maximum Gasteiger partial charge on any atom is 0.262 e. The van der Waals surface area contributed by atoms with Gasteiger partial charge in [0.25, 0.3) is 5.91 Å². The van der Waals surface area contributed by atoms with Crippen molar-refractivity contribution in [1.29, 1.82) is 0 Å². The van der Waals surface area contributed by atoms with Crippen LogP contribution < -0.4 is 10.1 Å². The van der Waals surface area contributed by atoms with E-state index in [-0.39, 0.29) is 18.2 Å². The van der Waals surface area contributed by atoms with E-state index in [0.717, 1.165) is 31.1 Å². The summed E-state index contributed by atoms with van der Waals surface area (Å²) in [6.45, 7) is 1.89. The van der Waals surface area contributed by atoms with Gasteiger partial charge in [0, 0.05) is 19.5 Å². The number of hydrogen-bond donors (Lipinski definition) is 1. The SMILES string of the molecule is COc1ccccc1NC(=O)C[C@H]1SC(N2CCCCC2)=NC1=O. The van der Waals surface area contributed by atoms with Crippen LogP contribution >= 0.6 is 11.8 Å². The van der Waals surface area contributed by atoms with Crippen LogP contribution in [0.3, 0.4) is 0 Å². The number of carbonyl (C=O) groups excluding carboxylic acids is 2. The predicted molar refractivity (Wildman–Crippen MR) is 95.5 cm³/mol. The molecule has 1 aromatic carbocycles. The van der Waals surface area contributed by atoms with E-state index in [1.54, 1.807) is 19.2 Å². The minimum Gasteiger partial charge on any atom is -0.495 e. The minimum absolute atomic E-state index is 0.113. The molecule has 2 aliphatic heterocycles. The molecule has 1 N–H and O–H groups in total. The number of nitrogens with zero attached hydrogens (tertiary/aromatic N) is 2. The van der Waals surface area contributed by atoms with E-state index in [0.29, 0.717) is 11.4 Å². The van der Waals surface area contributed by atoms with Crippen molar-refractivity contribution in [2.75, 3.05) is 25.5 Å². The molecule has 1 aromatic rings. The van der Waals surface area contributed by atoms with Gasteiger partial charge in [-0.15, -0.1) is 0 Å². The molecular weight excluding hydrogens is 326 g/mol. The highest BCUT2D eigenvalue weighted by molar-refractivity contribution is 8.15. The largest absolute Gasteiger partial charge is 0.495 e. The smallest absolute Gasteiger partial charge is 0.262 e. The normalized spacial score (nSPS) is 20.7. The summed E-state index contributed by atoms with van der Waals surface area (Å²) >= 11 is 1.41. The Balaban J connectivity index is 1.56. The summed E-state index contributed by atoms with van der Waals surface area (Å²) < 4.78 is 5.22. The lowest BCUT2D eigenvalue weighted by Gasteiger charge is -2.27. The Hall–Kier alpha value is -2.02. The summed E-state index contributed by atoms with van der Waals surface area (Å²) in [6.07, 6.45) is 3.61. The van der Waals surface area contributed by atoms with Crippen molar-refractivity contribution in [3.63, 3.8) is 0 Å². The topological polar surface area (TPSA) is 71.0 Å². The van der Waals surface area contributed by atoms with Gasteiger partial charge in [0.1, 0.15) is 11.0 Å². The third-order valence-corrected chi connectivity index (χ3v) is 5.32. The molecule has 2 amide bonds. The molecule has 0 bridgehead atoms. The Kier molecular flexibility index (Phi) is 5.40. The fourth-order valence-electron chi connectivity index (χ4n) is 2.85. The summed E-state index contributed by atoms with van der Waals surface area (Å²) in [6, 6.07) is 7.22. The molecule has 0 spiro atoms. The van der Waals surface area contributed by atoms with Crippen LogP contribution in [0.4, 0.5) is 5.69 Å². The molecule has 2 heterocycles. The van der Waals surface area contributed by atoms with Crippen LogP contribution in [0.15, 0.2) is 29.3 Å². The Bertz CT molecular complexity index is 656. The van der Waals surface area contributed by atoms with E-state index in [9.17, 15) is 9.59 Å². The van der Waals surface area contributed by atoms with E-state index in [1.165, 1.54) is 18.2 Å². The highest BCUT2D eigenvalue weighted by atomic mass is 32.2. The molecule has 0 aromatic heterocycles. The second-order valence-corrected chi connectivity index (χ2v) is 7.01. The molecule has 1 fully saturated rings. The Labute approximate surface area is 145 Å². The van der Waals surface area contributed by atoms with E-state index in [4.69, 9.17) is 4.74 Å². The Morgan fingerprint density at radius 3 is 2.83 bits per heavy atom. The van der Waals surface area contributed by atoms with E-state index >= 15 is 0 Å². The van der Waals surface area contributed by atoms with Gasteiger partial charge in [-0.25, -0.2) is 0 Å². The maximum absolute atomic E-state index is 12.3. The summed E-state index contributed by atoms with van der Waals surface area (Å²) in [5.74, 6) is 0.178. The highest BCUT2D eigenvalue weighted by Gasteiger charge is 2.33. The molecule has 7 heteroatoms. The number of likely N-dealkylation sites (tertiary alicyclic amines) is 1. The number of amidine groups is 1. The summed E-state index contributed by atoms with van der Waals surface area (Å²) in [7, 11) is 1.56. The fourth-order valence-corrected chi connectivity index (χ4v) is 3.96. The van der Waals surface area contributed by atoms with Crippen molar-refractivity contribution in [3.8, 4) is 5.75 Å². The Morgan fingerprint density at radius 2 is 2.08 bits per heavy atom. The zero-order valence-electron chi connectivity index (χ0n) is 13.7. The lowest BCUT2D eigenvalue weighted by molar-refractivity contribution is -0.121. The first-order chi connectivity index (χ1) is 11.7. The number of aliphatic imine (C=N–C) groups is 1. The molecule has 2 aliphatic rings. The lowest BCUT2D eigenvalue weighted by Crippen LogP contribution is -2.33. The lowest BCUT2D eigenvalue weighted by atomic mass is 10.1. The molecule has 1 atom stereocenters. The standard InChI is InChI=1S/C17H21N3O3S/c1-23-13-8-4-3-7-12(13)18-15(21)11-14-16(22)19-17(24-14)20-9-5-2-6-10-20/h3-4,7-8,14H,2,5-6,9-11H2,1H3,(H,18,21)/t14-/m1/s1. The van der Waals surface area contributed by atoms with Crippen LogP contribution in [0.1, 0.15) is 25.7 Å². The van der Waals surface area contributed by atoms with Crippen molar-refractivity contribution in [2.24, 2.45) is 4.99 Å². The van der Waals surface area contributed by atoms with Gasteiger partial charge >= 0.3 is 0 Å². The number of carbonyl (C=O) groups is 2. The number of thioether (sulfide) groups is 1. The molecule has 128 valence electrons. The number of ether oxygens (including phenoxy) is 1.